The van der Waals surface area contributed by atoms with Crippen LogP contribution in [-0.2, 0) is 11.3 Å². The number of carbonyl (C=O) groups excluding carboxylic acids is 1. The van der Waals surface area contributed by atoms with Gasteiger partial charge in [0.1, 0.15) is 12.1 Å². The molecule has 30 heavy (non-hydrogen) atoms. The molecule has 0 saturated carbocycles. The lowest BCUT2D eigenvalue weighted by molar-refractivity contribution is 0.0529. The number of rotatable bonds is 7. The molecular formula is C21H32IN5O3. The Bertz CT molecular complexity index is 813. The SMILES string of the molecule is CCNC(=NCc1ncc(-c2ccc(C)cc2)o1)NCCNC(=O)OC(C)(C)C.I. The van der Waals surface area contributed by atoms with E-state index in [1.165, 1.54) is 5.56 Å². The molecule has 0 fully saturated rings. The van der Waals surface area contributed by atoms with Crippen LogP contribution in [0, 0.1) is 6.92 Å². The number of benzene rings is 1. The summed E-state index contributed by atoms with van der Waals surface area (Å²) in [5.41, 5.74) is 1.67. The number of aromatic nitrogens is 1. The molecule has 2 aromatic rings. The smallest absolute Gasteiger partial charge is 0.407 e. The maximum atomic E-state index is 11.7. The number of guanidine groups is 1. The van der Waals surface area contributed by atoms with Crippen molar-refractivity contribution in [2.24, 2.45) is 4.99 Å². The predicted octanol–water partition coefficient (Wildman–Crippen LogP) is 3.85. The molecular weight excluding hydrogens is 497 g/mol. The Labute approximate surface area is 195 Å². The van der Waals surface area contributed by atoms with Crippen LogP contribution in [-0.4, -0.2) is 42.3 Å². The van der Waals surface area contributed by atoms with Crippen molar-refractivity contribution in [3.63, 3.8) is 0 Å². The molecule has 9 heteroatoms. The van der Waals surface area contributed by atoms with Crippen LogP contribution in [0.2, 0.25) is 0 Å². The number of nitrogens with one attached hydrogen (secondary N) is 3. The summed E-state index contributed by atoms with van der Waals surface area (Å²) in [6.07, 6.45) is 1.27. The largest absolute Gasteiger partial charge is 0.444 e. The summed E-state index contributed by atoms with van der Waals surface area (Å²) in [5.74, 6) is 1.87. The Hall–Kier alpha value is -2.30. The monoisotopic (exact) mass is 529 g/mol. The van der Waals surface area contributed by atoms with Crippen LogP contribution in [0.15, 0.2) is 39.9 Å². The number of aliphatic imine (C=N–C) groups is 1. The number of amides is 1. The molecule has 1 aromatic heterocycles. The molecule has 0 unspecified atom stereocenters. The van der Waals surface area contributed by atoms with E-state index in [0.29, 0.717) is 38.0 Å². The summed E-state index contributed by atoms with van der Waals surface area (Å²) < 4.78 is 11.0. The minimum Gasteiger partial charge on any atom is -0.444 e. The van der Waals surface area contributed by atoms with Gasteiger partial charge in [0.15, 0.2) is 11.7 Å². The van der Waals surface area contributed by atoms with Gasteiger partial charge in [-0.1, -0.05) is 29.8 Å². The number of oxazole rings is 1. The molecule has 0 aliphatic rings. The minimum atomic E-state index is -0.513. The molecule has 0 aliphatic carbocycles. The fourth-order valence-corrected chi connectivity index (χ4v) is 2.38. The quantitative estimate of drug-likeness (QED) is 0.218. The summed E-state index contributed by atoms with van der Waals surface area (Å²) >= 11 is 0. The van der Waals surface area contributed by atoms with Gasteiger partial charge in [0.2, 0.25) is 5.89 Å². The van der Waals surface area contributed by atoms with E-state index in [9.17, 15) is 4.79 Å². The third kappa shape index (κ3) is 9.47. The van der Waals surface area contributed by atoms with Crippen molar-refractivity contribution >= 4 is 36.0 Å². The number of nitrogens with zero attached hydrogens (tertiary/aromatic N) is 2. The Morgan fingerprint density at radius 3 is 2.43 bits per heavy atom. The molecule has 8 nitrogen and oxygen atoms in total. The first kappa shape index (κ1) is 25.7. The molecule has 3 N–H and O–H groups in total. The van der Waals surface area contributed by atoms with Gasteiger partial charge in [0, 0.05) is 25.2 Å². The molecule has 1 amide bonds. The second-order valence-corrected chi connectivity index (χ2v) is 7.53. The third-order valence-corrected chi connectivity index (χ3v) is 3.69. The number of carbonyl (C=O) groups is 1. The van der Waals surface area contributed by atoms with Crippen molar-refractivity contribution in [2.75, 3.05) is 19.6 Å². The summed E-state index contributed by atoms with van der Waals surface area (Å²) in [6.45, 7) is 11.4. The molecule has 0 spiro atoms. The van der Waals surface area contributed by atoms with Crippen molar-refractivity contribution in [3.8, 4) is 11.3 Å². The molecule has 1 heterocycles. The van der Waals surface area contributed by atoms with Crippen LogP contribution >= 0.6 is 24.0 Å². The standard InChI is InChI=1S/C21H31N5O3.HI/c1-6-22-19(23-11-12-24-20(27)29-21(3,4)5)26-14-18-25-13-17(28-18)16-9-7-15(2)8-10-16;/h7-10,13H,6,11-12,14H2,1-5H3,(H,24,27)(H2,22,23,26);1H. The molecule has 2 rings (SSSR count). The second-order valence-electron chi connectivity index (χ2n) is 7.53. The Balaban J connectivity index is 0.00000450. The van der Waals surface area contributed by atoms with E-state index < -0.39 is 11.7 Å². The zero-order valence-electron chi connectivity index (χ0n) is 18.2. The van der Waals surface area contributed by atoms with Gasteiger partial charge < -0.3 is 25.1 Å². The van der Waals surface area contributed by atoms with E-state index in [4.69, 9.17) is 9.15 Å². The van der Waals surface area contributed by atoms with Crippen LogP contribution < -0.4 is 16.0 Å². The number of alkyl carbamates (subject to hydrolysis) is 1. The third-order valence-electron chi connectivity index (χ3n) is 3.69. The fraction of sp³-hybridized carbons (Fsp3) is 0.476. The molecule has 0 bridgehead atoms. The highest BCUT2D eigenvalue weighted by Crippen LogP contribution is 2.20. The van der Waals surface area contributed by atoms with Gasteiger partial charge in [-0.15, -0.1) is 24.0 Å². The number of aryl methyl sites for hydroxylation is 1. The first-order valence-electron chi connectivity index (χ1n) is 9.77. The van der Waals surface area contributed by atoms with Gasteiger partial charge in [-0.25, -0.2) is 14.8 Å². The van der Waals surface area contributed by atoms with Gasteiger partial charge in [-0.2, -0.15) is 0 Å². The van der Waals surface area contributed by atoms with Crippen molar-refractivity contribution in [2.45, 2.75) is 46.8 Å². The molecule has 1 aromatic carbocycles. The molecule has 0 aliphatic heterocycles. The van der Waals surface area contributed by atoms with Crippen molar-refractivity contribution in [3.05, 3.63) is 41.9 Å². The van der Waals surface area contributed by atoms with E-state index in [1.54, 1.807) is 6.20 Å². The van der Waals surface area contributed by atoms with Crippen molar-refractivity contribution in [1.29, 1.82) is 0 Å². The Kier molecular flexibility index (Phi) is 10.6. The average molecular weight is 529 g/mol. The number of halogens is 1. The maximum Gasteiger partial charge on any atom is 0.407 e. The van der Waals surface area contributed by atoms with Gasteiger partial charge in [0.25, 0.3) is 0 Å². The predicted molar refractivity (Wildman–Crippen MR) is 129 cm³/mol. The normalized spacial score (nSPS) is 11.4. The van der Waals surface area contributed by atoms with Crippen molar-refractivity contribution < 1.29 is 13.9 Å². The van der Waals surface area contributed by atoms with Gasteiger partial charge in [-0.3, -0.25) is 0 Å². The molecule has 0 radical (unpaired) electrons. The zero-order valence-corrected chi connectivity index (χ0v) is 20.6. The first-order chi connectivity index (χ1) is 13.8. The average Bonchev–Trinajstić information content (AvgIpc) is 3.11. The number of hydrogen-bond acceptors (Lipinski definition) is 5. The minimum absolute atomic E-state index is 0. The van der Waals surface area contributed by atoms with Gasteiger partial charge >= 0.3 is 6.09 Å². The molecule has 0 atom stereocenters. The summed E-state index contributed by atoms with van der Waals surface area (Å²) in [7, 11) is 0. The zero-order chi connectivity index (χ0) is 21.3. The lowest BCUT2D eigenvalue weighted by Crippen LogP contribution is -2.42. The van der Waals surface area contributed by atoms with E-state index >= 15 is 0 Å². The highest BCUT2D eigenvalue weighted by atomic mass is 127. The summed E-state index contributed by atoms with van der Waals surface area (Å²) in [5, 5.41) is 9.00. The first-order valence-corrected chi connectivity index (χ1v) is 9.77. The summed E-state index contributed by atoms with van der Waals surface area (Å²) in [4.78, 5) is 20.4. The van der Waals surface area contributed by atoms with E-state index in [1.807, 2.05) is 58.9 Å². The topological polar surface area (TPSA) is 101 Å². The lowest BCUT2D eigenvalue weighted by Gasteiger charge is -2.19. The van der Waals surface area contributed by atoms with Gasteiger partial charge in [-0.05, 0) is 34.6 Å². The Morgan fingerprint density at radius 2 is 1.80 bits per heavy atom. The maximum absolute atomic E-state index is 11.7. The fourth-order valence-electron chi connectivity index (χ4n) is 2.38. The summed E-state index contributed by atoms with van der Waals surface area (Å²) in [6, 6.07) is 8.08. The highest BCUT2D eigenvalue weighted by molar-refractivity contribution is 14.0. The number of hydrogen-bond donors (Lipinski definition) is 3. The second kappa shape index (κ2) is 12.4. The lowest BCUT2D eigenvalue weighted by atomic mass is 10.1. The van der Waals surface area contributed by atoms with Crippen LogP contribution in [0.1, 0.15) is 39.1 Å². The molecule has 0 saturated heterocycles. The van der Waals surface area contributed by atoms with Crippen LogP contribution in [0.5, 0.6) is 0 Å². The van der Waals surface area contributed by atoms with E-state index in [2.05, 4.69) is 25.9 Å². The van der Waals surface area contributed by atoms with Crippen LogP contribution in [0.4, 0.5) is 4.79 Å². The van der Waals surface area contributed by atoms with Crippen LogP contribution in [0.25, 0.3) is 11.3 Å². The molecule has 166 valence electrons. The van der Waals surface area contributed by atoms with Gasteiger partial charge in [0.05, 0.1) is 6.20 Å². The van der Waals surface area contributed by atoms with Crippen LogP contribution in [0.3, 0.4) is 0 Å². The van der Waals surface area contributed by atoms with Crippen molar-refractivity contribution in [1.82, 2.24) is 20.9 Å². The Morgan fingerprint density at radius 1 is 1.13 bits per heavy atom. The highest BCUT2D eigenvalue weighted by Gasteiger charge is 2.15. The van der Waals surface area contributed by atoms with E-state index in [0.717, 1.165) is 11.3 Å². The number of ether oxygens (including phenoxy) is 1. The van der Waals surface area contributed by atoms with E-state index in [-0.39, 0.29) is 24.0 Å².